The first kappa shape index (κ1) is 22.2. The highest BCUT2D eigenvalue weighted by molar-refractivity contribution is 5.85. The number of nitrogens with one attached hydrogen (secondary N) is 2. The van der Waals surface area contributed by atoms with Crippen LogP contribution in [0.25, 0.3) is 0 Å². The number of hydrogen-bond donors (Lipinski definition) is 2. The Bertz CT molecular complexity index is 463. The van der Waals surface area contributed by atoms with E-state index in [4.69, 9.17) is 0 Å². The van der Waals surface area contributed by atoms with Crippen LogP contribution >= 0.6 is 24.8 Å². The molecule has 0 radical (unpaired) electrons. The smallest absolute Gasteiger partial charge is 0.220 e. The van der Waals surface area contributed by atoms with Crippen molar-refractivity contribution in [3.63, 3.8) is 0 Å². The predicted octanol–water partition coefficient (Wildman–Crippen LogP) is 2.60. The van der Waals surface area contributed by atoms with Crippen molar-refractivity contribution in [3.8, 4) is 0 Å². The molecule has 2 rings (SSSR count). The number of carbonyl (C=O) groups is 1. The number of hydrogen-bond acceptors (Lipinski definition) is 3. The maximum atomic E-state index is 12.1. The largest absolute Gasteiger partial charge is 0.352 e. The zero-order chi connectivity index (χ0) is 15.1. The van der Waals surface area contributed by atoms with Crippen LogP contribution in [0.3, 0.4) is 0 Å². The Balaban J connectivity index is 0.00000242. The fourth-order valence-electron chi connectivity index (χ4n) is 2.84. The molecule has 6 heteroatoms. The van der Waals surface area contributed by atoms with Crippen molar-refractivity contribution < 1.29 is 4.79 Å². The fraction of sp³-hybridized carbons (Fsp3) is 0.588. The van der Waals surface area contributed by atoms with Gasteiger partial charge in [-0.05, 0) is 57.1 Å². The van der Waals surface area contributed by atoms with Crippen LogP contribution < -0.4 is 10.6 Å². The van der Waals surface area contributed by atoms with Crippen molar-refractivity contribution in [2.45, 2.75) is 32.4 Å². The van der Waals surface area contributed by atoms with Crippen LogP contribution in [-0.4, -0.2) is 38.0 Å². The van der Waals surface area contributed by atoms with Gasteiger partial charge in [0.05, 0.1) is 0 Å². The second-order valence-corrected chi connectivity index (χ2v) is 6.18. The zero-order valence-electron chi connectivity index (χ0n) is 14.0. The predicted molar refractivity (Wildman–Crippen MR) is 100 cm³/mol. The fourth-order valence-corrected chi connectivity index (χ4v) is 2.84. The van der Waals surface area contributed by atoms with E-state index in [0.717, 1.165) is 32.5 Å². The number of halogens is 2. The lowest BCUT2D eigenvalue weighted by molar-refractivity contribution is -0.122. The summed E-state index contributed by atoms with van der Waals surface area (Å²) >= 11 is 0. The van der Waals surface area contributed by atoms with Crippen LogP contribution in [0.2, 0.25) is 0 Å². The van der Waals surface area contributed by atoms with Crippen molar-refractivity contribution in [2.24, 2.45) is 5.92 Å². The van der Waals surface area contributed by atoms with Crippen LogP contribution in [0, 0.1) is 5.92 Å². The van der Waals surface area contributed by atoms with Gasteiger partial charge in [0.25, 0.3) is 0 Å². The molecule has 0 atom stereocenters. The molecule has 1 aromatic rings. The number of nitrogens with zero attached hydrogens (tertiary/aromatic N) is 1. The van der Waals surface area contributed by atoms with Crippen molar-refractivity contribution in [2.75, 3.05) is 27.2 Å². The number of carbonyl (C=O) groups excluding carboxylic acids is 1. The number of rotatable bonds is 6. The van der Waals surface area contributed by atoms with Crippen LogP contribution in [0.1, 0.15) is 30.4 Å². The third kappa shape index (κ3) is 8.02. The first-order valence-corrected chi connectivity index (χ1v) is 7.84. The summed E-state index contributed by atoms with van der Waals surface area (Å²) in [4.78, 5) is 14.2. The number of benzene rings is 1. The first-order valence-electron chi connectivity index (χ1n) is 7.84. The van der Waals surface area contributed by atoms with Crippen LogP contribution in [0.15, 0.2) is 24.3 Å². The minimum Gasteiger partial charge on any atom is -0.352 e. The lowest BCUT2D eigenvalue weighted by Crippen LogP contribution is -2.32. The van der Waals surface area contributed by atoms with Gasteiger partial charge in [-0.3, -0.25) is 4.79 Å². The average Bonchev–Trinajstić information content (AvgIpc) is 2.47. The van der Waals surface area contributed by atoms with E-state index in [1.54, 1.807) is 0 Å². The molecule has 2 N–H and O–H groups in total. The number of piperidine rings is 1. The maximum Gasteiger partial charge on any atom is 0.220 e. The van der Waals surface area contributed by atoms with Crippen molar-refractivity contribution in [3.05, 3.63) is 35.4 Å². The second-order valence-electron chi connectivity index (χ2n) is 6.18. The van der Waals surface area contributed by atoms with Gasteiger partial charge in [-0.15, -0.1) is 24.8 Å². The number of amides is 1. The van der Waals surface area contributed by atoms with E-state index in [2.05, 4.69) is 47.8 Å². The molecule has 0 aromatic heterocycles. The molecule has 0 saturated carbocycles. The lowest BCUT2D eigenvalue weighted by atomic mass is 9.94. The second kappa shape index (κ2) is 11.7. The van der Waals surface area contributed by atoms with Crippen LogP contribution in [0.5, 0.6) is 0 Å². The highest BCUT2D eigenvalue weighted by atomic mass is 35.5. The van der Waals surface area contributed by atoms with Crippen molar-refractivity contribution in [1.82, 2.24) is 15.5 Å². The van der Waals surface area contributed by atoms with E-state index >= 15 is 0 Å². The Hall–Kier alpha value is -0.810. The summed E-state index contributed by atoms with van der Waals surface area (Å²) < 4.78 is 0. The lowest BCUT2D eigenvalue weighted by Gasteiger charge is -2.22. The van der Waals surface area contributed by atoms with E-state index < -0.39 is 0 Å². The summed E-state index contributed by atoms with van der Waals surface area (Å²) in [6.07, 6.45) is 2.90. The maximum absolute atomic E-state index is 12.1. The minimum absolute atomic E-state index is 0. The molecule has 1 amide bonds. The molecule has 0 bridgehead atoms. The van der Waals surface area contributed by atoms with E-state index in [0.29, 0.717) is 18.9 Å². The summed E-state index contributed by atoms with van der Waals surface area (Å²) in [5, 5.41) is 6.42. The van der Waals surface area contributed by atoms with Crippen molar-refractivity contribution >= 4 is 30.7 Å². The van der Waals surface area contributed by atoms with Gasteiger partial charge in [-0.1, -0.05) is 24.3 Å². The van der Waals surface area contributed by atoms with E-state index in [1.165, 1.54) is 11.1 Å². The minimum atomic E-state index is 0. The normalized spacial score (nSPS) is 14.7. The standard InChI is InChI=1S/C17H27N3O.2ClH/c1-20(2)13-16-6-4-3-5-15(16)12-19-17(21)11-14-7-9-18-10-8-14;;/h3-6,14,18H,7-13H2,1-2H3,(H,19,21);2*1H. The molecule has 23 heavy (non-hydrogen) atoms. The third-order valence-corrected chi connectivity index (χ3v) is 4.01. The molecule has 1 aliphatic rings. The summed E-state index contributed by atoms with van der Waals surface area (Å²) in [5.41, 5.74) is 2.49. The summed E-state index contributed by atoms with van der Waals surface area (Å²) in [5.74, 6) is 0.727. The van der Waals surface area contributed by atoms with Crippen LogP contribution in [-0.2, 0) is 17.9 Å². The molecule has 1 aliphatic heterocycles. The molecule has 132 valence electrons. The molecular formula is C17H29Cl2N3O. The van der Waals surface area contributed by atoms with E-state index in [-0.39, 0.29) is 30.7 Å². The van der Waals surface area contributed by atoms with Gasteiger partial charge in [-0.25, -0.2) is 0 Å². The van der Waals surface area contributed by atoms with Gasteiger partial charge in [0.2, 0.25) is 5.91 Å². The SMILES string of the molecule is CN(C)Cc1ccccc1CNC(=O)CC1CCNCC1.Cl.Cl. The molecule has 4 nitrogen and oxygen atoms in total. The van der Waals surface area contributed by atoms with E-state index in [1.807, 2.05) is 6.07 Å². The molecule has 1 aromatic carbocycles. The molecule has 0 aliphatic carbocycles. The van der Waals surface area contributed by atoms with Crippen molar-refractivity contribution in [1.29, 1.82) is 0 Å². The highest BCUT2D eigenvalue weighted by Crippen LogP contribution is 2.16. The molecule has 0 spiro atoms. The quantitative estimate of drug-likeness (QED) is 0.818. The molecule has 0 unspecified atom stereocenters. The molecule has 1 fully saturated rings. The topological polar surface area (TPSA) is 44.4 Å². The van der Waals surface area contributed by atoms with Crippen LogP contribution in [0.4, 0.5) is 0 Å². The Morgan fingerprint density at radius 3 is 2.39 bits per heavy atom. The average molecular weight is 362 g/mol. The van der Waals surface area contributed by atoms with Gasteiger partial charge >= 0.3 is 0 Å². The Morgan fingerprint density at radius 1 is 1.17 bits per heavy atom. The molecular weight excluding hydrogens is 333 g/mol. The molecule has 1 saturated heterocycles. The van der Waals surface area contributed by atoms with Gasteiger partial charge in [0.1, 0.15) is 0 Å². The van der Waals surface area contributed by atoms with Gasteiger partial charge in [-0.2, -0.15) is 0 Å². The zero-order valence-corrected chi connectivity index (χ0v) is 15.6. The van der Waals surface area contributed by atoms with Gasteiger partial charge < -0.3 is 15.5 Å². The summed E-state index contributed by atoms with van der Waals surface area (Å²) in [7, 11) is 4.12. The Kier molecular flexibility index (Phi) is 11.3. The Labute approximate surface area is 152 Å². The Morgan fingerprint density at radius 2 is 1.78 bits per heavy atom. The van der Waals surface area contributed by atoms with Gasteiger partial charge in [0, 0.05) is 19.5 Å². The monoisotopic (exact) mass is 361 g/mol. The van der Waals surface area contributed by atoms with Gasteiger partial charge in [0.15, 0.2) is 0 Å². The summed E-state index contributed by atoms with van der Waals surface area (Å²) in [6.45, 7) is 3.63. The first-order chi connectivity index (χ1) is 10.1. The molecule has 1 heterocycles. The third-order valence-electron chi connectivity index (χ3n) is 4.01. The highest BCUT2D eigenvalue weighted by Gasteiger charge is 2.16. The van der Waals surface area contributed by atoms with E-state index in [9.17, 15) is 4.79 Å². The summed E-state index contributed by atoms with van der Waals surface area (Å²) in [6, 6.07) is 8.32.